The highest BCUT2D eigenvalue weighted by Crippen LogP contribution is 2.33. The van der Waals surface area contributed by atoms with Gasteiger partial charge < -0.3 is 14.7 Å². The van der Waals surface area contributed by atoms with Crippen molar-refractivity contribution in [1.29, 1.82) is 0 Å². The van der Waals surface area contributed by atoms with Crippen molar-refractivity contribution >= 4 is 22.8 Å². The molecule has 0 unspecified atom stereocenters. The average molecular weight is 375 g/mol. The van der Waals surface area contributed by atoms with Crippen molar-refractivity contribution < 1.29 is 18.5 Å². The lowest BCUT2D eigenvalue weighted by Gasteiger charge is -2.31. The monoisotopic (exact) mass is 375 g/mol. The number of nitrogens with zero attached hydrogens (tertiary/aromatic N) is 2. The number of amides is 2. The molecule has 1 fully saturated rings. The molecule has 6 nitrogen and oxygen atoms in total. The van der Waals surface area contributed by atoms with Crippen LogP contribution in [-0.4, -0.2) is 41.5 Å². The molecule has 27 heavy (non-hydrogen) atoms. The van der Waals surface area contributed by atoms with Gasteiger partial charge in [-0.3, -0.25) is 9.59 Å². The summed E-state index contributed by atoms with van der Waals surface area (Å²) in [5.74, 6) is 0.152. The maximum Gasteiger partial charge on any atom is 0.223 e. The second-order valence-corrected chi connectivity index (χ2v) is 7.56. The SMILES string of the molecule is CC(C)CNC(=O)CCC(=O)N1CCC(c2noc3ccc(F)cc23)CC1. The molecule has 1 saturated heterocycles. The number of rotatable bonds is 6. The van der Waals surface area contributed by atoms with E-state index in [-0.39, 0.29) is 36.4 Å². The summed E-state index contributed by atoms with van der Waals surface area (Å²) >= 11 is 0. The fraction of sp³-hybridized carbons (Fsp3) is 0.550. The zero-order valence-electron chi connectivity index (χ0n) is 15.8. The van der Waals surface area contributed by atoms with Crippen LogP contribution >= 0.6 is 0 Å². The van der Waals surface area contributed by atoms with Crippen molar-refractivity contribution in [2.75, 3.05) is 19.6 Å². The molecule has 3 rings (SSSR count). The molecule has 2 amide bonds. The quantitative estimate of drug-likeness (QED) is 0.841. The number of hydrogen-bond acceptors (Lipinski definition) is 4. The van der Waals surface area contributed by atoms with Crippen molar-refractivity contribution in [2.45, 2.75) is 45.4 Å². The zero-order valence-corrected chi connectivity index (χ0v) is 15.8. The van der Waals surface area contributed by atoms with Gasteiger partial charge in [0, 0.05) is 43.8 Å². The number of carbonyl (C=O) groups is 2. The lowest BCUT2D eigenvalue weighted by molar-refractivity contribution is -0.134. The fourth-order valence-electron chi connectivity index (χ4n) is 3.41. The molecule has 1 N–H and O–H groups in total. The van der Waals surface area contributed by atoms with E-state index in [1.54, 1.807) is 11.0 Å². The summed E-state index contributed by atoms with van der Waals surface area (Å²) in [6, 6.07) is 4.40. The molecule has 0 atom stereocenters. The molecule has 1 aliphatic heterocycles. The highest BCUT2D eigenvalue weighted by molar-refractivity contribution is 5.84. The van der Waals surface area contributed by atoms with Crippen LogP contribution in [0.4, 0.5) is 4.39 Å². The summed E-state index contributed by atoms with van der Waals surface area (Å²) in [7, 11) is 0. The van der Waals surface area contributed by atoms with Crippen molar-refractivity contribution in [3.8, 4) is 0 Å². The maximum absolute atomic E-state index is 13.5. The molecule has 146 valence electrons. The van der Waals surface area contributed by atoms with Gasteiger partial charge >= 0.3 is 0 Å². The summed E-state index contributed by atoms with van der Waals surface area (Å²) in [5.41, 5.74) is 1.35. The highest BCUT2D eigenvalue weighted by atomic mass is 19.1. The lowest BCUT2D eigenvalue weighted by Crippen LogP contribution is -2.38. The Labute approximate surface area is 158 Å². The van der Waals surface area contributed by atoms with Gasteiger partial charge in [0.05, 0.1) is 5.69 Å². The predicted molar refractivity (Wildman–Crippen MR) is 99.6 cm³/mol. The summed E-state index contributed by atoms with van der Waals surface area (Å²) in [5, 5.41) is 7.66. The Kier molecular flexibility index (Phi) is 6.08. The summed E-state index contributed by atoms with van der Waals surface area (Å²) in [4.78, 5) is 25.9. The Bertz CT molecular complexity index is 810. The maximum atomic E-state index is 13.5. The number of fused-ring (bicyclic) bond motifs is 1. The van der Waals surface area contributed by atoms with E-state index in [4.69, 9.17) is 4.52 Å². The predicted octanol–water partition coefficient (Wildman–Crippen LogP) is 3.23. The molecule has 0 aliphatic carbocycles. The molecule has 0 spiro atoms. The molecular formula is C20H26FN3O3. The van der Waals surface area contributed by atoms with Crippen LogP contribution in [0.5, 0.6) is 0 Å². The van der Waals surface area contributed by atoms with Gasteiger partial charge in [0.1, 0.15) is 5.82 Å². The van der Waals surface area contributed by atoms with Crippen molar-refractivity contribution in [1.82, 2.24) is 15.4 Å². The smallest absolute Gasteiger partial charge is 0.223 e. The number of likely N-dealkylation sites (tertiary alicyclic amines) is 1. The van der Waals surface area contributed by atoms with Crippen LogP contribution in [-0.2, 0) is 9.59 Å². The second kappa shape index (κ2) is 8.50. The van der Waals surface area contributed by atoms with Crippen LogP contribution < -0.4 is 5.32 Å². The van der Waals surface area contributed by atoms with Gasteiger partial charge in [-0.25, -0.2) is 4.39 Å². The molecule has 2 aromatic rings. The Morgan fingerprint density at radius 3 is 2.74 bits per heavy atom. The highest BCUT2D eigenvalue weighted by Gasteiger charge is 2.27. The minimum absolute atomic E-state index is 0.00389. The molecular weight excluding hydrogens is 349 g/mol. The summed E-state index contributed by atoms with van der Waals surface area (Å²) in [6.07, 6.45) is 1.96. The minimum atomic E-state index is -0.310. The minimum Gasteiger partial charge on any atom is -0.356 e. The number of aromatic nitrogens is 1. The first-order valence-corrected chi connectivity index (χ1v) is 9.53. The standard InChI is InChI=1S/C20H26FN3O3/c1-13(2)12-22-18(25)5-6-19(26)24-9-7-14(8-10-24)20-16-11-15(21)3-4-17(16)27-23-20/h3-4,11,13-14H,5-10,12H2,1-2H3,(H,22,25). The second-order valence-electron chi connectivity index (χ2n) is 7.56. The topological polar surface area (TPSA) is 75.4 Å². The van der Waals surface area contributed by atoms with Gasteiger partial charge in [-0.1, -0.05) is 19.0 Å². The molecule has 0 saturated carbocycles. The van der Waals surface area contributed by atoms with Crippen molar-refractivity contribution in [3.63, 3.8) is 0 Å². The van der Waals surface area contributed by atoms with Gasteiger partial charge in [0.15, 0.2) is 5.58 Å². The van der Waals surface area contributed by atoms with Gasteiger partial charge in [-0.05, 0) is 37.0 Å². The molecule has 1 aliphatic rings. The third kappa shape index (κ3) is 4.84. The first kappa shape index (κ1) is 19.3. The third-order valence-corrected chi connectivity index (χ3v) is 4.97. The van der Waals surface area contributed by atoms with Crippen LogP contribution in [0.15, 0.2) is 22.7 Å². The van der Waals surface area contributed by atoms with E-state index in [0.717, 1.165) is 18.5 Å². The van der Waals surface area contributed by atoms with E-state index in [9.17, 15) is 14.0 Å². The van der Waals surface area contributed by atoms with E-state index >= 15 is 0 Å². The van der Waals surface area contributed by atoms with Gasteiger partial charge in [-0.15, -0.1) is 0 Å². The van der Waals surface area contributed by atoms with Crippen LogP contribution in [0.1, 0.15) is 51.1 Å². The van der Waals surface area contributed by atoms with Gasteiger partial charge in [0.2, 0.25) is 11.8 Å². The average Bonchev–Trinajstić information content (AvgIpc) is 3.07. The number of carbonyl (C=O) groups excluding carboxylic acids is 2. The Hall–Kier alpha value is -2.44. The van der Waals surface area contributed by atoms with Gasteiger partial charge in [0.25, 0.3) is 0 Å². The Morgan fingerprint density at radius 2 is 2.04 bits per heavy atom. The number of halogens is 1. The number of hydrogen-bond donors (Lipinski definition) is 1. The molecule has 7 heteroatoms. The van der Waals surface area contributed by atoms with E-state index in [1.807, 2.05) is 13.8 Å². The van der Waals surface area contributed by atoms with Crippen LogP contribution in [0.3, 0.4) is 0 Å². The zero-order chi connectivity index (χ0) is 19.4. The van der Waals surface area contributed by atoms with Crippen LogP contribution in [0, 0.1) is 11.7 Å². The number of piperidine rings is 1. The molecule has 1 aromatic heterocycles. The number of nitrogens with one attached hydrogen (secondary N) is 1. The Balaban J connectivity index is 1.50. The molecule has 1 aromatic carbocycles. The van der Waals surface area contributed by atoms with E-state index in [2.05, 4.69) is 10.5 Å². The Morgan fingerprint density at radius 1 is 1.30 bits per heavy atom. The van der Waals surface area contributed by atoms with Crippen molar-refractivity contribution in [3.05, 3.63) is 29.7 Å². The summed E-state index contributed by atoms with van der Waals surface area (Å²) < 4.78 is 18.8. The fourth-order valence-corrected chi connectivity index (χ4v) is 3.41. The van der Waals surface area contributed by atoms with Crippen LogP contribution in [0.2, 0.25) is 0 Å². The summed E-state index contributed by atoms with van der Waals surface area (Å²) in [6.45, 7) is 5.91. The van der Waals surface area contributed by atoms with Crippen LogP contribution in [0.25, 0.3) is 11.0 Å². The van der Waals surface area contributed by atoms with E-state index in [0.29, 0.717) is 36.5 Å². The largest absolute Gasteiger partial charge is 0.356 e. The van der Waals surface area contributed by atoms with Crippen molar-refractivity contribution in [2.24, 2.45) is 5.92 Å². The van der Waals surface area contributed by atoms with E-state index in [1.165, 1.54) is 12.1 Å². The first-order valence-electron chi connectivity index (χ1n) is 9.53. The molecule has 0 bridgehead atoms. The molecule has 2 heterocycles. The van der Waals surface area contributed by atoms with Gasteiger partial charge in [-0.2, -0.15) is 0 Å². The normalized spacial score (nSPS) is 15.5. The first-order chi connectivity index (χ1) is 12.9. The molecule has 0 radical (unpaired) electrons. The van der Waals surface area contributed by atoms with E-state index < -0.39 is 0 Å². The number of benzene rings is 1. The third-order valence-electron chi connectivity index (χ3n) is 4.97. The lowest BCUT2D eigenvalue weighted by atomic mass is 9.91.